The van der Waals surface area contributed by atoms with E-state index in [1.807, 2.05) is 0 Å². The van der Waals surface area contributed by atoms with Crippen molar-refractivity contribution in [2.75, 3.05) is 5.32 Å². The molecule has 0 saturated carbocycles. The maximum atomic E-state index is 15.2. The molecule has 170 valence electrons. The van der Waals surface area contributed by atoms with Gasteiger partial charge in [0, 0.05) is 29.8 Å². The highest BCUT2D eigenvalue weighted by atomic mass is 35.5. The predicted octanol–water partition coefficient (Wildman–Crippen LogP) is 3.67. The van der Waals surface area contributed by atoms with Crippen molar-refractivity contribution in [1.82, 2.24) is 29.9 Å². The van der Waals surface area contributed by atoms with Crippen LogP contribution in [0.5, 0.6) is 0 Å². The third kappa shape index (κ3) is 3.98. The van der Waals surface area contributed by atoms with Gasteiger partial charge in [-0.05, 0) is 0 Å². The van der Waals surface area contributed by atoms with Crippen molar-refractivity contribution >= 4 is 51.5 Å². The van der Waals surface area contributed by atoms with Crippen molar-refractivity contribution in [2.45, 2.75) is 13.1 Å². The van der Waals surface area contributed by atoms with Crippen molar-refractivity contribution in [3.63, 3.8) is 0 Å². The van der Waals surface area contributed by atoms with Gasteiger partial charge in [-0.15, -0.1) is 0 Å². The Morgan fingerprint density at radius 2 is 1.97 bits per heavy atom. The molecule has 0 spiro atoms. The van der Waals surface area contributed by atoms with Crippen LogP contribution in [0.3, 0.4) is 0 Å². The van der Waals surface area contributed by atoms with Gasteiger partial charge in [0.25, 0.3) is 0 Å². The molecule has 9 nitrogen and oxygen atoms in total. The number of hydrogen-bond acceptors (Lipinski definition) is 5. The summed E-state index contributed by atoms with van der Waals surface area (Å²) >= 11 is 6.25. The number of hydrogen-bond donors (Lipinski definition) is 3. The molecule has 0 unspecified atom stereocenters. The van der Waals surface area contributed by atoms with Gasteiger partial charge in [0.2, 0.25) is 5.91 Å². The topological polar surface area (TPSA) is 117 Å². The smallest absolute Gasteiger partial charge is 0.318 e. The second-order valence-corrected chi connectivity index (χ2v) is 7.19. The molecule has 0 atom stereocenters. The molecule has 0 saturated heterocycles. The lowest BCUT2D eigenvalue weighted by atomic mass is 10.0. The van der Waals surface area contributed by atoms with Gasteiger partial charge in [-0.1, -0.05) is 18.2 Å². The summed E-state index contributed by atoms with van der Waals surface area (Å²) in [6.45, 7) is 4.66. The average Bonchev–Trinajstić information content (AvgIpc) is 3.33. The van der Waals surface area contributed by atoms with Crippen molar-refractivity contribution < 1.29 is 27.2 Å². The Morgan fingerprint density at radius 3 is 2.64 bits per heavy atom. The Balaban J connectivity index is 1.84. The lowest BCUT2D eigenvalue weighted by Crippen LogP contribution is -2.35. The molecule has 0 radical (unpaired) electrons. The van der Waals surface area contributed by atoms with Crippen LogP contribution in [0.1, 0.15) is 12.5 Å². The van der Waals surface area contributed by atoms with E-state index in [9.17, 15) is 22.8 Å². The summed E-state index contributed by atoms with van der Waals surface area (Å²) in [5.41, 5.74) is -0.538. The van der Waals surface area contributed by atoms with E-state index in [4.69, 9.17) is 11.6 Å². The summed E-state index contributed by atoms with van der Waals surface area (Å²) in [6, 6.07) is 0. The first-order chi connectivity index (χ1) is 15.5. The van der Waals surface area contributed by atoms with Crippen LogP contribution >= 0.6 is 11.6 Å². The monoisotopic (exact) mass is 481 g/mol. The van der Waals surface area contributed by atoms with E-state index in [0.29, 0.717) is 5.65 Å². The highest BCUT2D eigenvalue weighted by molar-refractivity contribution is 6.35. The van der Waals surface area contributed by atoms with Crippen molar-refractivity contribution in [3.05, 3.63) is 47.8 Å². The van der Waals surface area contributed by atoms with E-state index < -0.39 is 34.2 Å². The first-order valence-corrected chi connectivity index (χ1v) is 9.39. The van der Waals surface area contributed by atoms with Crippen LogP contribution in [-0.2, 0) is 9.59 Å². The summed E-state index contributed by atoms with van der Waals surface area (Å²) in [4.78, 5) is 30.9. The summed E-state index contributed by atoms with van der Waals surface area (Å²) in [6.07, 6.45) is 0.414. The maximum absolute atomic E-state index is 15.2. The Hall–Kier alpha value is -4.00. The number of alkyl halides is 3. The van der Waals surface area contributed by atoms with Crippen LogP contribution < -0.4 is 10.6 Å². The number of nitrogens with one attached hydrogen (secondary N) is 3. The van der Waals surface area contributed by atoms with E-state index in [1.54, 1.807) is 0 Å². The molecule has 1 aromatic carbocycles. The van der Waals surface area contributed by atoms with E-state index >= 15 is 4.39 Å². The van der Waals surface area contributed by atoms with E-state index in [2.05, 4.69) is 32.1 Å². The Labute approximate surface area is 186 Å². The number of carbonyl (C=O) groups excluding carboxylic acids is 2. The molecule has 4 rings (SSSR count). The fraction of sp³-hybridized carbons (Fsp3) is 0.105. The van der Waals surface area contributed by atoms with Crippen molar-refractivity contribution in [1.29, 1.82) is 0 Å². The number of aromatic nitrogens is 5. The third-order valence-electron chi connectivity index (χ3n) is 4.52. The second kappa shape index (κ2) is 7.85. The molecular weight excluding hydrogens is 470 g/mol. The van der Waals surface area contributed by atoms with Gasteiger partial charge in [-0.3, -0.25) is 19.7 Å². The van der Waals surface area contributed by atoms with Crippen molar-refractivity contribution in [3.8, 4) is 11.3 Å². The number of imidazole rings is 1. The number of carbonyl (C=O) groups is 2. The van der Waals surface area contributed by atoms with Gasteiger partial charge in [0.05, 0.1) is 40.4 Å². The second-order valence-electron chi connectivity index (χ2n) is 6.81. The molecule has 0 aliphatic rings. The minimum atomic E-state index is -5.20. The molecule has 14 heteroatoms. The largest absolute Gasteiger partial charge is 0.471 e. The first kappa shape index (κ1) is 22.2. The molecule has 0 aliphatic heterocycles. The summed E-state index contributed by atoms with van der Waals surface area (Å²) in [7, 11) is 0. The maximum Gasteiger partial charge on any atom is 0.471 e. The molecule has 3 heterocycles. The minimum Gasteiger partial charge on any atom is -0.318 e. The number of nitrogens with zero attached hydrogens (tertiary/aromatic N) is 4. The predicted molar refractivity (Wildman–Crippen MR) is 111 cm³/mol. The van der Waals surface area contributed by atoms with Crippen LogP contribution in [0.25, 0.3) is 33.5 Å². The standard InChI is InChI=1S/C19H12ClF4N7O2/c1-7(27-18(33)19(22,23)24)13-16(21)15(20)14(9-3-26-30-17(9)13)10-5-31-6-11(28-8(2)32)29-12(31)4-25-10/h3-6H,1H2,2H3,(H,26,30)(H,27,33)(H,28,32). The zero-order valence-corrected chi connectivity index (χ0v) is 17.3. The fourth-order valence-corrected chi connectivity index (χ4v) is 3.48. The van der Waals surface area contributed by atoms with Crippen LogP contribution in [0.15, 0.2) is 31.4 Å². The quantitative estimate of drug-likeness (QED) is 0.384. The van der Waals surface area contributed by atoms with Crippen LogP contribution in [0.4, 0.5) is 23.4 Å². The number of rotatable bonds is 4. The number of aromatic amines is 1. The van der Waals surface area contributed by atoms with Crippen LogP contribution in [0, 0.1) is 5.82 Å². The molecule has 4 aromatic rings. The number of H-pyrrole nitrogens is 1. The molecule has 33 heavy (non-hydrogen) atoms. The number of halogens is 5. The van der Waals surface area contributed by atoms with Gasteiger partial charge in [-0.25, -0.2) is 9.37 Å². The zero-order valence-electron chi connectivity index (χ0n) is 16.5. The highest BCUT2D eigenvalue weighted by Crippen LogP contribution is 2.40. The lowest BCUT2D eigenvalue weighted by molar-refractivity contribution is -0.172. The molecular formula is C19H12ClF4N7O2. The van der Waals surface area contributed by atoms with Gasteiger partial charge in [0.15, 0.2) is 17.3 Å². The Kier molecular flexibility index (Phi) is 5.28. The van der Waals surface area contributed by atoms with E-state index in [-0.39, 0.29) is 33.9 Å². The highest BCUT2D eigenvalue weighted by Gasteiger charge is 2.39. The lowest BCUT2D eigenvalue weighted by Gasteiger charge is -2.15. The minimum absolute atomic E-state index is 0.0502. The van der Waals surface area contributed by atoms with Gasteiger partial charge in [0.1, 0.15) is 0 Å². The summed E-state index contributed by atoms with van der Waals surface area (Å²) in [5.74, 6) is -3.52. The Morgan fingerprint density at radius 1 is 1.24 bits per heavy atom. The van der Waals surface area contributed by atoms with E-state index in [1.165, 1.54) is 41.4 Å². The number of amides is 2. The third-order valence-corrected chi connectivity index (χ3v) is 4.87. The number of fused-ring (bicyclic) bond motifs is 2. The molecule has 3 N–H and O–H groups in total. The van der Waals surface area contributed by atoms with Crippen molar-refractivity contribution in [2.24, 2.45) is 0 Å². The van der Waals surface area contributed by atoms with Gasteiger partial charge >= 0.3 is 12.1 Å². The normalized spacial score (nSPS) is 11.7. The van der Waals surface area contributed by atoms with Crippen LogP contribution in [0.2, 0.25) is 5.02 Å². The number of benzene rings is 1. The van der Waals surface area contributed by atoms with Gasteiger partial charge < -0.3 is 15.0 Å². The molecule has 0 aliphatic carbocycles. The molecule has 0 fully saturated rings. The SMILES string of the molecule is C=C(NC(=O)C(F)(F)F)c1c(F)c(Cl)c(-c2cn3cc(NC(C)=O)nc3cn2)c2cn[nH]c12. The fourth-order valence-electron chi connectivity index (χ4n) is 3.19. The Bertz CT molecular complexity index is 1460. The molecule has 3 aromatic heterocycles. The summed E-state index contributed by atoms with van der Waals surface area (Å²) in [5, 5.41) is 10.1. The number of anilines is 1. The molecule has 2 amide bonds. The van der Waals surface area contributed by atoms with Gasteiger partial charge in [-0.2, -0.15) is 18.3 Å². The zero-order chi connectivity index (χ0) is 24.1. The average molecular weight is 482 g/mol. The van der Waals surface area contributed by atoms with E-state index in [0.717, 1.165) is 0 Å². The van der Waals surface area contributed by atoms with Crippen LogP contribution in [-0.4, -0.2) is 42.6 Å². The first-order valence-electron chi connectivity index (χ1n) is 9.01. The molecule has 0 bridgehead atoms. The summed E-state index contributed by atoms with van der Waals surface area (Å²) < 4.78 is 54.6.